The minimum absolute atomic E-state index is 0. The van der Waals surface area contributed by atoms with E-state index in [2.05, 4.69) is 10.2 Å². The quantitative estimate of drug-likeness (QED) is 0.825. The second-order valence-corrected chi connectivity index (χ2v) is 7.00. The van der Waals surface area contributed by atoms with E-state index in [1.165, 1.54) is 18.4 Å². The van der Waals surface area contributed by atoms with Crippen LogP contribution in [0, 0.1) is 0 Å². The molecule has 136 valence electrons. The number of halogens is 2. The predicted octanol–water partition coefficient (Wildman–Crippen LogP) is 3.50. The molecule has 3 rings (SSSR count). The molecule has 0 aromatic heterocycles. The zero-order valence-corrected chi connectivity index (χ0v) is 15.9. The van der Waals surface area contributed by atoms with Gasteiger partial charge < -0.3 is 14.8 Å². The highest BCUT2D eigenvalue weighted by molar-refractivity contribution is 6.30. The summed E-state index contributed by atoms with van der Waals surface area (Å²) in [7, 11) is 2.05. The van der Waals surface area contributed by atoms with Crippen LogP contribution in [0.2, 0.25) is 5.02 Å². The first-order valence-corrected chi connectivity index (χ1v) is 9.05. The average Bonchev–Trinajstić information content (AvgIpc) is 3.08. The molecule has 2 aliphatic heterocycles. The van der Waals surface area contributed by atoms with E-state index in [0.29, 0.717) is 12.6 Å². The van der Waals surface area contributed by atoms with E-state index in [1.54, 1.807) is 0 Å². The monoisotopic (exact) mass is 374 g/mol. The molecule has 0 bridgehead atoms. The molecule has 0 radical (unpaired) electrons. The highest BCUT2D eigenvalue weighted by Gasteiger charge is 2.21. The van der Waals surface area contributed by atoms with Gasteiger partial charge in [0, 0.05) is 36.3 Å². The highest BCUT2D eigenvalue weighted by atomic mass is 35.5. The molecule has 1 aromatic rings. The Morgan fingerprint density at radius 3 is 2.96 bits per heavy atom. The van der Waals surface area contributed by atoms with Gasteiger partial charge in [-0.05, 0) is 57.5 Å². The number of benzene rings is 1. The van der Waals surface area contributed by atoms with E-state index in [9.17, 15) is 0 Å². The predicted molar refractivity (Wildman–Crippen MR) is 101 cm³/mol. The Morgan fingerprint density at radius 2 is 2.21 bits per heavy atom. The van der Waals surface area contributed by atoms with Crippen molar-refractivity contribution in [3.63, 3.8) is 0 Å². The Bertz CT molecular complexity index is 510. The Labute approximate surface area is 156 Å². The summed E-state index contributed by atoms with van der Waals surface area (Å²) < 4.78 is 11.7. The van der Waals surface area contributed by atoms with Crippen LogP contribution in [-0.2, 0) is 11.3 Å². The fourth-order valence-corrected chi connectivity index (χ4v) is 3.64. The highest BCUT2D eigenvalue weighted by Crippen LogP contribution is 2.26. The lowest BCUT2D eigenvalue weighted by Gasteiger charge is -2.33. The number of hydrogen-bond acceptors (Lipinski definition) is 4. The van der Waals surface area contributed by atoms with E-state index in [1.807, 2.05) is 25.2 Å². The number of likely N-dealkylation sites (N-methyl/N-ethyl adjacent to an activating group) is 1. The first-order chi connectivity index (χ1) is 11.2. The summed E-state index contributed by atoms with van der Waals surface area (Å²) in [6.07, 6.45) is 4.96. The Balaban J connectivity index is 0.00000208. The largest absolute Gasteiger partial charge is 0.491 e. The minimum atomic E-state index is 0. The van der Waals surface area contributed by atoms with Crippen molar-refractivity contribution >= 4 is 24.0 Å². The van der Waals surface area contributed by atoms with Gasteiger partial charge in [-0.3, -0.25) is 4.90 Å². The molecule has 1 aromatic carbocycles. The molecule has 2 fully saturated rings. The molecule has 0 amide bonds. The molecule has 2 saturated heterocycles. The Morgan fingerprint density at radius 1 is 1.33 bits per heavy atom. The van der Waals surface area contributed by atoms with Crippen molar-refractivity contribution in [1.29, 1.82) is 0 Å². The zero-order valence-electron chi connectivity index (χ0n) is 14.3. The van der Waals surface area contributed by atoms with Gasteiger partial charge in [-0.15, -0.1) is 12.4 Å². The van der Waals surface area contributed by atoms with Crippen molar-refractivity contribution in [3.8, 4) is 5.75 Å². The van der Waals surface area contributed by atoms with Crippen LogP contribution in [0.3, 0.4) is 0 Å². The zero-order chi connectivity index (χ0) is 16.1. The van der Waals surface area contributed by atoms with Crippen molar-refractivity contribution < 1.29 is 9.47 Å². The van der Waals surface area contributed by atoms with E-state index >= 15 is 0 Å². The number of hydrogen-bond donors (Lipinski definition) is 1. The standard InChI is InChI=1S/C18H27ClN2O2.ClH/c1-20-16-4-2-8-21(12-16)11-14-10-15(19)6-7-18(14)23-13-17-5-3-9-22-17;/h6-7,10,16-17,20H,2-5,8-9,11-13H2,1H3;1H. The molecule has 4 nitrogen and oxygen atoms in total. The van der Waals surface area contributed by atoms with Crippen LogP contribution in [0.25, 0.3) is 0 Å². The molecule has 0 spiro atoms. The van der Waals surface area contributed by atoms with Crippen molar-refractivity contribution in [2.24, 2.45) is 0 Å². The summed E-state index contributed by atoms with van der Waals surface area (Å²) in [5.41, 5.74) is 1.17. The van der Waals surface area contributed by atoms with Gasteiger partial charge in [-0.2, -0.15) is 0 Å². The molecular formula is C18H28Cl2N2O2. The van der Waals surface area contributed by atoms with Crippen LogP contribution in [0.15, 0.2) is 18.2 Å². The molecule has 2 atom stereocenters. The number of nitrogens with one attached hydrogen (secondary N) is 1. The smallest absolute Gasteiger partial charge is 0.124 e. The van der Waals surface area contributed by atoms with Gasteiger partial charge in [0.15, 0.2) is 0 Å². The molecule has 0 aliphatic carbocycles. The number of piperidine rings is 1. The van der Waals surface area contributed by atoms with Crippen LogP contribution in [0.5, 0.6) is 5.75 Å². The lowest BCUT2D eigenvalue weighted by Crippen LogP contribution is -2.43. The lowest BCUT2D eigenvalue weighted by atomic mass is 10.0. The van der Waals surface area contributed by atoms with Gasteiger partial charge in [0.2, 0.25) is 0 Å². The fraction of sp³-hybridized carbons (Fsp3) is 0.667. The summed E-state index contributed by atoms with van der Waals surface area (Å²) >= 11 is 6.21. The maximum atomic E-state index is 6.21. The van der Waals surface area contributed by atoms with Crippen LogP contribution < -0.4 is 10.1 Å². The second-order valence-electron chi connectivity index (χ2n) is 6.56. The summed E-state index contributed by atoms with van der Waals surface area (Å²) in [5, 5.41) is 4.16. The van der Waals surface area contributed by atoms with E-state index in [0.717, 1.165) is 49.9 Å². The maximum absolute atomic E-state index is 6.21. The molecule has 24 heavy (non-hydrogen) atoms. The maximum Gasteiger partial charge on any atom is 0.124 e. The van der Waals surface area contributed by atoms with E-state index in [4.69, 9.17) is 21.1 Å². The molecule has 2 aliphatic rings. The van der Waals surface area contributed by atoms with Crippen molar-refractivity contribution in [1.82, 2.24) is 10.2 Å². The lowest BCUT2D eigenvalue weighted by molar-refractivity contribution is 0.0671. The normalized spacial score (nSPS) is 24.6. The van der Waals surface area contributed by atoms with Gasteiger partial charge in [-0.1, -0.05) is 11.6 Å². The fourth-order valence-electron chi connectivity index (χ4n) is 3.45. The molecule has 2 unspecified atom stereocenters. The van der Waals surface area contributed by atoms with Gasteiger partial charge in [0.25, 0.3) is 0 Å². The van der Waals surface area contributed by atoms with Crippen LogP contribution in [0.1, 0.15) is 31.2 Å². The molecule has 6 heteroatoms. The van der Waals surface area contributed by atoms with Gasteiger partial charge in [-0.25, -0.2) is 0 Å². The van der Waals surface area contributed by atoms with Crippen LogP contribution in [-0.4, -0.2) is 50.4 Å². The van der Waals surface area contributed by atoms with Gasteiger partial charge in [0.1, 0.15) is 12.4 Å². The van der Waals surface area contributed by atoms with Gasteiger partial charge in [0.05, 0.1) is 6.10 Å². The van der Waals surface area contributed by atoms with Crippen LogP contribution >= 0.6 is 24.0 Å². The van der Waals surface area contributed by atoms with Crippen molar-refractivity contribution in [2.45, 2.75) is 44.4 Å². The van der Waals surface area contributed by atoms with Crippen molar-refractivity contribution in [3.05, 3.63) is 28.8 Å². The van der Waals surface area contributed by atoms with E-state index in [-0.39, 0.29) is 18.5 Å². The third-order valence-corrected chi connectivity index (χ3v) is 5.01. The third-order valence-electron chi connectivity index (χ3n) is 4.78. The summed E-state index contributed by atoms with van der Waals surface area (Å²) in [6, 6.07) is 6.52. The van der Waals surface area contributed by atoms with Crippen LogP contribution in [0.4, 0.5) is 0 Å². The number of ether oxygens (including phenoxy) is 2. The Kier molecular flexibility index (Phi) is 8.11. The molecule has 0 saturated carbocycles. The minimum Gasteiger partial charge on any atom is -0.491 e. The average molecular weight is 375 g/mol. The molecule has 2 heterocycles. The number of likely N-dealkylation sites (tertiary alicyclic amines) is 1. The summed E-state index contributed by atoms with van der Waals surface area (Å²) in [6.45, 7) is 4.60. The van der Waals surface area contributed by atoms with Crippen molar-refractivity contribution in [2.75, 3.05) is 33.4 Å². The SMILES string of the molecule is CNC1CCCN(Cc2cc(Cl)ccc2OCC2CCCO2)C1.Cl. The number of nitrogens with zero attached hydrogens (tertiary/aromatic N) is 1. The summed E-state index contributed by atoms with van der Waals surface area (Å²) in [5.74, 6) is 0.941. The first-order valence-electron chi connectivity index (χ1n) is 8.67. The Hall–Kier alpha value is -0.520. The third kappa shape index (κ3) is 5.50. The topological polar surface area (TPSA) is 33.7 Å². The molecular weight excluding hydrogens is 347 g/mol. The summed E-state index contributed by atoms with van der Waals surface area (Å²) in [4.78, 5) is 2.48. The second kappa shape index (κ2) is 9.83. The van der Waals surface area contributed by atoms with Gasteiger partial charge >= 0.3 is 0 Å². The first kappa shape index (κ1) is 19.8. The number of rotatable bonds is 6. The molecule has 1 N–H and O–H groups in total. The van der Waals surface area contributed by atoms with E-state index < -0.39 is 0 Å².